The number of benzene rings is 1. The van der Waals surface area contributed by atoms with Gasteiger partial charge in [0.05, 0.1) is 4.47 Å². The summed E-state index contributed by atoms with van der Waals surface area (Å²) in [5, 5.41) is 0. The molecule has 0 aliphatic heterocycles. The van der Waals surface area contributed by atoms with E-state index in [0.717, 1.165) is 0 Å². The minimum absolute atomic E-state index is 0.354. The molecule has 0 fully saturated rings. The highest BCUT2D eigenvalue weighted by Gasteiger charge is 2.05. The molecule has 16 heavy (non-hydrogen) atoms. The Kier molecular flexibility index (Phi) is 3.12. The highest BCUT2D eigenvalue weighted by molar-refractivity contribution is 9.10. The summed E-state index contributed by atoms with van der Waals surface area (Å²) in [7, 11) is 0. The lowest BCUT2D eigenvalue weighted by molar-refractivity contribution is 0.621. The van der Waals surface area contributed by atoms with Gasteiger partial charge < -0.3 is 5.43 Å². The number of nitrogens with zero attached hydrogens (tertiary/aromatic N) is 2. The first-order valence-corrected chi connectivity index (χ1v) is 5.25. The Hall–Kier alpha value is -1.53. The van der Waals surface area contributed by atoms with E-state index in [2.05, 4.69) is 31.3 Å². The summed E-state index contributed by atoms with van der Waals surface area (Å²) in [5.41, 5.74) is 3.00. The summed E-state index contributed by atoms with van der Waals surface area (Å²) in [5.74, 6) is 5.77. The Morgan fingerprint density at radius 3 is 2.81 bits per heavy atom. The van der Waals surface area contributed by atoms with Crippen LogP contribution < -0.4 is 11.3 Å². The maximum Gasteiger partial charge on any atom is 0.161 e. The fourth-order valence-corrected chi connectivity index (χ4v) is 1.46. The van der Waals surface area contributed by atoms with Crippen LogP contribution in [0.4, 0.5) is 10.2 Å². The number of anilines is 1. The summed E-state index contributed by atoms with van der Waals surface area (Å²) in [6.07, 6.45) is 1.55. The molecule has 0 radical (unpaired) electrons. The normalized spacial score (nSPS) is 10.2. The van der Waals surface area contributed by atoms with Gasteiger partial charge in [0, 0.05) is 17.8 Å². The van der Waals surface area contributed by atoms with Crippen LogP contribution in [-0.4, -0.2) is 9.97 Å². The van der Waals surface area contributed by atoms with Gasteiger partial charge in [-0.1, -0.05) is 0 Å². The zero-order chi connectivity index (χ0) is 11.5. The summed E-state index contributed by atoms with van der Waals surface area (Å²) in [4.78, 5) is 8.14. The highest BCUT2D eigenvalue weighted by atomic mass is 79.9. The predicted octanol–water partition coefficient (Wildman–Crippen LogP) is 2.33. The third kappa shape index (κ3) is 2.17. The molecule has 0 aliphatic rings. The van der Waals surface area contributed by atoms with Crippen molar-refractivity contribution in [1.29, 1.82) is 0 Å². The van der Waals surface area contributed by atoms with E-state index in [1.807, 2.05) is 0 Å². The molecule has 2 rings (SSSR count). The van der Waals surface area contributed by atoms with Crippen molar-refractivity contribution in [3.05, 3.63) is 40.8 Å². The summed E-state index contributed by atoms with van der Waals surface area (Å²) >= 11 is 3.08. The van der Waals surface area contributed by atoms with Crippen molar-refractivity contribution >= 4 is 21.7 Å². The van der Waals surface area contributed by atoms with Gasteiger partial charge in [0.1, 0.15) is 11.6 Å². The molecule has 0 aliphatic carbocycles. The molecular formula is C10H8BrFN4. The third-order valence-corrected chi connectivity index (χ3v) is 2.62. The van der Waals surface area contributed by atoms with Gasteiger partial charge in [-0.3, -0.25) is 0 Å². The summed E-state index contributed by atoms with van der Waals surface area (Å²) in [6.45, 7) is 0. The number of halogens is 2. The number of nitrogens with one attached hydrogen (secondary N) is 1. The summed E-state index contributed by atoms with van der Waals surface area (Å²) in [6, 6.07) is 6.32. The number of hydrogen-bond acceptors (Lipinski definition) is 4. The second-order valence-electron chi connectivity index (χ2n) is 3.04. The molecule has 1 heterocycles. The molecule has 0 atom stereocenters. The van der Waals surface area contributed by atoms with E-state index in [0.29, 0.717) is 21.7 Å². The molecule has 0 amide bonds. The second-order valence-corrected chi connectivity index (χ2v) is 3.89. The SMILES string of the molecule is NNc1ccnc(-c2ccc(Br)c(F)c2)n1. The van der Waals surface area contributed by atoms with Crippen LogP contribution in [-0.2, 0) is 0 Å². The van der Waals surface area contributed by atoms with Crippen LogP contribution in [0.5, 0.6) is 0 Å². The Morgan fingerprint density at radius 2 is 2.12 bits per heavy atom. The molecule has 1 aromatic carbocycles. The predicted molar refractivity (Wildman–Crippen MR) is 62.9 cm³/mol. The minimum Gasteiger partial charge on any atom is -0.308 e. The molecular weight excluding hydrogens is 275 g/mol. The molecule has 0 spiro atoms. The molecule has 2 aromatic rings. The summed E-state index contributed by atoms with van der Waals surface area (Å²) < 4.78 is 13.7. The first-order valence-electron chi connectivity index (χ1n) is 4.46. The minimum atomic E-state index is -0.354. The van der Waals surface area contributed by atoms with E-state index in [9.17, 15) is 4.39 Å². The molecule has 1 aromatic heterocycles. The molecule has 82 valence electrons. The van der Waals surface area contributed by atoms with E-state index in [-0.39, 0.29) is 5.82 Å². The van der Waals surface area contributed by atoms with Crippen LogP contribution in [0.15, 0.2) is 34.9 Å². The van der Waals surface area contributed by atoms with Crippen LogP contribution in [0.25, 0.3) is 11.4 Å². The van der Waals surface area contributed by atoms with Gasteiger partial charge in [-0.15, -0.1) is 0 Å². The maximum atomic E-state index is 13.3. The Balaban J connectivity index is 2.46. The average Bonchev–Trinajstić information content (AvgIpc) is 2.33. The van der Waals surface area contributed by atoms with E-state index in [4.69, 9.17) is 5.84 Å². The van der Waals surface area contributed by atoms with E-state index in [1.54, 1.807) is 24.4 Å². The Labute approximate surface area is 99.8 Å². The van der Waals surface area contributed by atoms with Gasteiger partial charge >= 0.3 is 0 Å². The van der Waals surface area contributed by atoms with Gasteiger partial charge in [-0.25, -0.2) is 20.2 Å². The number of nitrogen functional groups attached to an aromatic ring is 1. The van der Waals surface area contributed by atoms with Crippen molar-refractivity contribution < 1.29 is 4.39 Å². The number of rotatable bonds is 2. The molecule has 0 saturated heterocycles. The van der Waals surface area contributed by atoms with Crippen LogP contribution in [0, 0.1) is 5.82 Å². The van der Waals surface area contributed by atoms with Crippen molar-refractivity contribution in [2.75, 3.05) is 5.43 Å². The van der Waals surface area contributed by atoms with Gasteiger partial charge in [0.25, 0.3) is 0 Å². The molecule has 4 nitrogen and oxygen atoms in total. The molecule has 6 heteroatoms. The molecule has 0 saturated carbocycles. The van der Waals surface area contributed by atoms with Gasteiger partial charge in [-0.2, -0.15) is 0 Å². The quantitative estimate of drug-likeness (QED) is 0.656. The van der Waals surface area contributed by atoms with Crippen molar-refractivity contribution in [1.82, 2.24) is 9.97 Å². The van der Waals surface area contributed by atoms with E-state index >= 15 is 0 Å². The lowest BCUT2D eigenvalue weighted by Gasteiger charge is -2.03. The van der Waals surface area contributed by atoms with Crippen LogP contribution >= 0.6 is 15.9 Å². The second kappa shape index (κ2) is 4.54. The van der Waals surface area contributed by atoms with Crippen LogP contribution in [0.3, 0.4) is 0 Å². The highest BCUT2D eigenvalue weighted by Crippen LogP contribution is 2.22. The fourth-order valence-electron chi connectivity index (χ4n) is 1.21. The van der Waals surface area contributed by atoms with Crippen molar-refractivity contribution in [3.63, 3.8) is 0 Å². The number of nitrogens with two attached hydrogens (primary N) is 1. The molecule has 0 bridgehead atoms. The standard InChI is InChI=1S/C10H8BrFN4/c11-7-2-1-6(5-8(7)12)10-14-4-3-9(15-10)16-13/h1-5H,13H2,(H,14,15,16). The largest absolute Gasteiger partial charge is 0.308 e. The average molecular weight is 283 g/mol. The van der Waals surface area contributed by atoms with Crippen LogP contribution in [0.1, 0.15) is 0 Å². The maximum absolute atomic E-state index is 13.3. The van der Waals surface area contributed by atoms with E-state index < -0.39 is 0 Å². The number of hydrazine groups is 1. The fraction of sp³-hybridized carbons (Fsp3) is 0. The van der Waals surface area contributed by atoms with Crippen molar-refractivity contribution in [3.8, 4) is 11.4 Å². The Morgan fingerprint density at radius 1 is 1.31 bits per heavy atom. The van der Waals surface area contributed by atoms with Gasteiger partial charge in [0.2, 0.25) is 0 Å². The number of aromatic nitrogens is 2. The first kappa shape index (κ1) is 11.0. The topological polar surface area (TPSA) is 63.8 Å². The molecule has 3 N–H and O–H groups in total. The molecule has 0 unspecified atom stereocenters. The van der Waals surface area contributed by atoms with E-state index in [1.165, 1.54) is 6.07 Å². The zero-order valence-corrected chi connectivity index (χ0v) is 9.70. The lowest BCUT2D eigenvalue weighted by Crippen LogP contribution is -2.09. The van der Waals surface area contributed by atoms with Crippen LogP contribution in [0.2, 0.25) is 0 Å². The smallest absolute Gasteiger partial charge is 0.161 e. The van der Waals surface area contributed by atoms with Crippen molar-refractivity contribution in [2.24, 2.45) is 5.84 Å². The third-order valence-electron chi connectivity index (χ3n) is 1.98. The number of hydrogen-bond donors (Lipinski definition) is 2. The van der Waals surface area contributed by atoms with Crippen molar-refractivity contribution in [2.45, 2.75) is 0 Å². The van der Waals surface area contributed by atoms with Gasteiger partial charge in [0.15, 0.2) is 5.82 Å². The zero-order valence-electron chi connectivity index (χ0n) is 8.11. The monoisotopic (exact) mass is 282 g/mol. The lowest BCUT2D eigenvalue weighted by atomic mass is 10.2. The van der Waals surface area contributed by atoms with Gasteiger partial charge in [-0.05, 0) is 34.1 Å². The first-order chi connectivity index (χ1) is 7.70. The Bertz CT molecular complexity index is 518.